The van der Waals surface area contributed by atoms with Crippen molar-refractivity contribution in [3.05, 3.63) is 23.8 Å². The molecular formula is C14H20N2O4S. The third-order valence-corrected chi connectivity index (χ3v) is 5.14. The van der Waals surface area contributed by atoms with Gasteiger partial charge in [0.15, 0.2) is 0 Å². The fourth-order valence-corrected chi connectivity index (χ4v) is 3.70. The van der Waals surface area contributed by atoms with Gasteiger partial charge >= 0.3 is 0 Å². The third-order valence-electron chi connectivity index (χ3n) is 3.23. The number of amides is 1. The Morgan fingerprint density at radius 2 is 2.19 bits per heavy atom. The van der Waals surface area contributed by atoms with Crippen molar-refractivity contribution >= 4 is 21.6 Å². The molecule has 0 saturated carbocycles. The van der Waals surface area contributed by atoms with Gasteiger partial charge in [0.2, 0.25) is 15.9 Å². The molecule has 0 aliphatic carbocycles. The molecule has 1 heterocycles. The Morgan fingerprint density at radius 1 is 1.43 bits per heavy atom. The van der Waals surface area contributed by atoms with Crippen molar-refractivity contribution < 1.29 is 17.9 Å². The van der Waals surface area contributed by atoms with Crippen molar-refractivity contribution in [2.45, 2.75) is 20.3 Å². The van der Waals surface area contributed by atoms with E-state index >= 15 is 0 Å². The SMILES string of the molecule is CCOc1cc(C)ccc1NC(=O)CN1CCCS1(=O)=O. The molecule has 0 atom stereocenters. The monoisotopic (exact) mass is 312 g/mol. The van der Waals surface area contributed by atoms with Crippen LogP contribution in [0.4, 0.5) is 5.69 Å². The molecular weight excluding hydrogens is 292 g/mol. The molecule has 0 spiro atoms. The van der Waals surface area contributed by atoms with Gasteiger partial charge in [0.1, 0.15) is 5.75 Å². The number of rotatable bonds is 5. The number of nitrogens with zero attached hydrogens (tertiary/aromatic N) is 1. The predicted molar refractivity (Wildman–Crippen MR) is 81.0 cm³/mol. The molecule has 21 heavy (non-hydrogen) atoms. The minimum Gasteiger partial charge on any atom is -0.492 e. The van der Waals surface area contributed by atoms with E-state index in [2.05, 4.69) is 5.32 Å². The fraction of sp³-hybridized carbons (Fsp3) is 0.500. The highest BCUT2D eigenvalue weighted by molar-refractivity contribution is 7.89. The lowest BCUT2D eigenvalue weighted by Gasteiger charge is -2.16. The first-order valence-corrected chi connectivity index (χ1v) is 8.54. The molecule has 0 bridgehead atoms. The van der Waals surface area contributed by atoms with Gasteiger partial charge in [0.05, 0.1) is 24.6 Å². The lowest BCUT2D eigenvalue weighted by molar-refractivity contribution is -0.116. The zero-order valence-electron chi connectivity index (χ0n) is 12.3. The average molecular weight is 312 g/mol. The van der Waals surface area contributed by atoms with E-state index in [9.17, 15) is 13.2 Å². The number of carbonyl (C=O) groups excluding carboxylic acids is 1. The zero-order valence-corrected chi connectivity index (χ0v) is 13.1. The zero-order chi connectivity index (χ0) is 15.5. The number of carbonyl (C=O) groups is 1. The summed E-state index contributed by atoms with van der Waals surface area (Å²) < 4.78 is 30.1. The number of nitrogens with one attached hydrogen (secondary N) is 1. The van der Waals surface area contributed by atoms with Gasteiger partial charge in [0.25, 0.3) is 0 Å². The van der Waals surface area contributed by atoms with Crippen LogP contribution in [0, 0.1) is 6.92 Å². The van der Waals surface area contributed by atoms with Crippen LogP contribution in [0.15, 0.2) is 18.2 Å². The number of benzene rings is 1. The lowest BCUT2D eigenvalue weighted by atomic mass is 10.2. The Morgan fingerprint density at radius 3 is 2.81 bits per heavy atom. The second-order valence-corrected chi connectivity index (χ2v) is 7.07. The Bertz CT molecular complexity index is 628. The van der Waals surface area contributed by atoms with Crippen LogP contribution < -0.4 is 10.1 Å². The Balaban J connectivity index is 2.06. The first-order chi connectivity index (χ1) is 9.92. The molecule has 0 aromatic heterocycles. The van der Waals surface area contributed by atoms with Gasteiger partial charge in [-0.15, -0.1) is 0 Å². The largest absolute Gasteiger partial charge is 0.492 e. The van der Waals surface area contributed by atoms with E-state index in [1.807, 2.05) is 26.0 Å². The third kappa shape index (κ3) is 3.95. The summed E-state index contributed by atoms with van der Waals surface area (Å²) in [6, 6.07) is 5.47. The molecule has 6 nitrogen and oxygen atoms in total. The fourth-order valence-electron chi connectivity index (χ4n) is 2.23. The van der Waals surface area contributed by atoms with Gasteiger partial charge in [-0.2, -0.15) is 4.31 Å². The standard InChI is InChI=1S/C14H20N2O4S/c1-3-20-13-9-11(2)5-6-12(13)15-14(17)10-16-7-4-8-21(16,18)19/h5-6,9H,3-4,7-8,10H2,1-2H3,(H,15,17). The number of anilines is 1. The maximum absolute atomic E-state index is 12.0. The molecule has 116 valence electrons. The Hall–Kier alpha value is -1.60. The summed E-state index contributed by atoms with van der Waals surface area (Å²) in [7, 11) is -3.26. The maximum atomic E-state index is 12.0. The van der Waals surface area contributed by atoms with E-state index in [0.717, 1.165) is 5.56 Å². The summed E-state index contributed by atoms with van der Waals surface area (Å²) in [6.45, 7) is 4.55. The number of hydrogen-bond donors (Lipinski definition) is 1. The summed E-state index contributed by atoms with van der Waals surface area (Å²) in [5.74, 6) is 0.357. The van der Waals surface area contributed by atoms with Gasteiger partial charge in [-0.1, -0.05) is 6.07 Å². The molecule has 1 N–H and O–H groups in total. The van der Waals surface area contributed by atoms with Gasteiger partial charge in [-0.05, 0) is 38.0 Å². The van der Waals surface area contributed by atoms with Crippen LogP contribution in [-0.4, -0.2) is 44.1 Å². The predicted octanol–water partition coefficient (Wildman–Crippen LogP) is 1.37. The molecule has 1 aromatic carbocycles. The van der Waals surface area contributed by atoms with Crippen LogP contribution in [0.3, 0.4) is 0 Å². The van der Waals surface area contributed by atoms with Crippen molar-refractivity contribution in [1.82, 2.24) is 4.31 Å². The van der Waals surface area contributed by atoms with E-state index in [1.165, 1.54) is 4.31 Å². The number of sulfonamides is 1. The smallest absolute Gasteiger partial charge is 0.239 e. The van der Waals surface area contributed by atoms with E-state index in [4.69, 9.17) is 4.74 Å². The van der Waals surface area contributed by atoms with Crippen molar-refractivity contribution in [3.63, 3.8) is 0 Å². The second kappa shape index (κ2) is 6.44. The van der Waals surface area contributed by atoms with Crippen LogP contribution in [-0.2, 0) is 14.8 Å². The molecule has 7 heteroatoms. The van der Waals surface area contributed by atoms with Gasteiger partial charge in [-0.25, -0.2) is 8.42 Å². The minimum atomic E-state index is -3.26. The molecule has 2 rings (SSSR count). The summed E-state index contributed by atoms with van der Waals surface area (Å²) in [5, 5.41) is 2.72. The molecule has 0 radical (unpaired) electrons. The van der Waals surface area contributed by atoms with Crippen molar-refractivity contribution in [2.75, 3.05) is 30.8 Å². The first kappa shape index (κ1) is 15.8. The molecule has 0 unspecified atom stereocenters. The highest BCUT2D eigenvalue weighted by Gasteiger charge is 2.29. The summed E-state index contributed by atoms with van der Waals surface area (Å²) in [5.41, 5.74) is 1.59. The highest BCUT2D eigenvalue weighted by Crippen LogP contribution is 2.26. The Kier molecular flexibility index (Phi) is 4.84. The van der Waals surface area contributed by atoms with Crippen molar-refractivity contribution in [2.24, 2.45) is 0 Å². The summed E-state index contributed by atoms with van der Waals surface area (Å²) in [4.78, 5) is 12.0. The first-order valence-electron chi connectivity index (χ1n) is 6.93. The van der Waals surface area contributed by atoms with Crippen LogP contribution >= 0.6 is 0 Å². The molecule has 1 aliphatic heterocycles. The minimum absolute atomic E-state index is 0.120. The number of hydrogen-bond acceptors (Lipinski definition) is 4. The normalized spacial score (nSPS) is 17.6. The Labute approximate surface area is 125 Å². The van der Waals surface area contributed by atoms with E-state index in [1.54, 1.807) is 6.07 Å². The van der Waals surface area contributed by atoms with E-state index < -0.39 is 10.0 Å². The van der Waals surface area contributed by atoms with Crippen LogP contribution in [0.2, 0.25) is 0 Å². The molecule has 1 aromatic rings. The van der Waals surface area contributed by atoms with E-state index in [0.29, 0.717) is 31.0 Å². The second-order valence-electron chi connectivity index (χ2n) is 4.98. The molecule has 1 fully saturated rings. The maximum Gasteiger partial charge on any atom is 0.239 e. The molecule has 1 aliphatic rings. The highest BCUT2D eigenvalue weighted by atomic mass is 32.2. The van der Waals surface area contributed by atoms with Crippen LogP contribution in [0.1, 0.15) is 18.9 Å². The van der Waals surface area contributed by atoms with Crippen LogP contribution in [0.25, 0.3) is 0 Å². The molecule has 1 saturated heterocycles. The summed E-state index contributed by atoms with van der Waals surface area (Å²) >= 11 is 0. The number of aryl methyl sites for hydroxylation is 1. The van der Waals surface area contributed by atoms with Gasteiger partial charge < -0.3 is 10.1 Å². The van der Waals surface area contributed by atoms with Crippen molar-refractivity contribution in [3.8, 4) is 5.75 Å². The van der Waals surface area contributed by atoms with Gasteiger partial charge in [0, 0.05) is 6.54 Å². The van der Waals surface area contributed by atoms with Crippen molar-refractivity contribution in [1.29, 1.82) is 0 Å². The average Bonchev–Trinajstić information content (AvgIpc) is 2.72. The van der Waals surface area contributed by atoms with E-state index in [-0.39, 0.29) is 18.2 Å². The topological polar surface area (TPSA) is 75.7 Å². The van der Waals surface area contributed by atoms with Gasteiger partial charge in [-0.3, -0.25) is 4.79 Å². The lowest BCUT2D eigenvalue weighted by Crippen LogP contribution is -2.34. The molecule has 1 amide bonds. The quantitative estimate of drug-likeness (QED) is 0.891. The summed E-state index contributed by atoms with van der Waals surface area (Å²) in [6.07, 6.45) is 0.574. The van der Waals surface area contributed by atoms with Crippen LogP contribution in [0.5, 0.6) is 5.75 Å². The number of ether oxygens (including phenoxy) is 1.